The molecule has 1 unspecified atom stereocenters. The van der Waals surface area contributed by atoms with Gasteiger partial charge in [0.2, 0.25) is 0 Å². The normalized spacial score (nSPS) is 12.9. The molecule has 0 aliphatic rings. The predicted octanol–water partition coefficient (Wildman–Crippen LogP) is 2.11. The first-order valence-corrected chi connectivity index (χ1v) is 6.05. The van der Waals surface area contributed by atoms with E-state index in [9.17, 15) is 0 Å². The summed E-state index contributed by atoms with van der Waals surface area (Å²) in [6, 6.07) is 6.17. The third-order valence-electron chi connectivity index (χ3n) is 3.21. The molecule has 0 fully saturated rings. The maximum absolute atomic E-state index is 5.88. The molecule has 0 saturated heterocycles. The average Bonchev–Trinajstić information content (AvgIpc) is 2.77. The maximum Gasteiger partial charge on any atom is 0.105 e. The molecule has 2 heterocycles. The Kier molecular flexibility index (Phi) is 4.12. The van der Waals surface area contributed by atoms with Crippen molar-refractivity contribution >= 4 is 0 Å². The number of pyridine rings is 1. The molecule has 2 aromatic rings. The molecule has 0 amide bonds. The van der Waals surface area contributed by atoms with E-state index in [1.807, 2.05) is 25.3 Å². The van der Waals surface area contributed by atoms with Crippen LogP contribution in [0.25, 0.3) is 0 Å². The lowest BCUT2D eigenvalue weighted by atomic mass is 10.1. The van der Waals surface area contributed by atoms with E-state index < -0.39 is 0 Å². The molecule has 0 spiro atoms. The highest BCUT2D eigenvalue weighted by Gasteiger charge is 2.16. The van der Waals surface area contributed by atoms with Crippen molar-refractivity contribution < 1.29 is 4.42 Å². The fourth-order valence-corrected chi connectivity index (χ4v) is 2.10. The van der Waals surface area contributed by atoms with Gasteiger partial charge in [0.05, 0.1) is 6.26 Å². The molecule has 0 bridgehead atoms. The van der Waals surface area contributed by atoms with Crippen molar-refractivity contribution in [1.82, 2.24) is 9.88 Å². The van der Waals surface area contributed by atoms with Crippen molar-refractivity contribution in [2.24, 2.45) is 5.73 Å². The monoisotopic (exact) mass is 245 g/mol. The van der Waals surface area contributed by atoms with Crippen LogP contribution in [0.2, 0.25) is 0 Å². The number of hydrogen-bond acceptors (Lipinski definition) is 4. The van der Waals surface area contributed by atoms with Crippen molar-refractivity contribution in [3.8, 4) is 0 Å². The van der Waals surface area contributed by atoms with Gasteiger partial charge < -0.3 is 10.2 Å². The average molecular weight is 245 g/mol. The van der Waals surface area contributed by atoms with Crippen molar-refractivity contribution in [3.05, 3.63) is 53.7 Å². The van der Waals surface area contributed by atoms with Crippen LogP contribution in [0.3, 0.4) is 0 Å². The lowest BCUT2D eigenvalue weighted by molar-refractivity contribution is 0.240. The smallest absolute Gasteiger partial charge is 0.105 e. The zero-order valence-electron chi connectivity index (χ0n) is 10.8. The van der Waals surface area contributed by atoms with E-state index in [-0.39, 0.29) is 6.04 Å². The Bertz CT molecular complexity index is 481. The summed E-state index contributed by atoms with van der Waals surface area (Å²) >= 11 is 0. The van der Waals surface area contributed by atoms with Crippen LogP contribution in [0, 0.1) is 6.92 Å². The van der Waals surface area contributed by atoms with Crippen molar-refractivity contribution in [2.45, 2.75) is 19.5 Å². The minimum atomic E-state index is 0.174. The lowest BCUT2D eigenvalue weighted by Crippen LogP contribution is -2.30. The number of aryl methyl sites for hydroxylation is 1. The largest absolute Gasteiger partial charge is 0.469 e. The van der Waals surface area contributed by atoms with Gasteiger partial charge in [-0.25, -0.2) is 0 Å². The van der Waals surface area contributed by atoms with E-state index in [1.54, 1.807) is 12.5 Å². The summed E-state index contributed by atoms with van der Waals surface area (Å²) < 4.78 is 5.31. The highest BCUT2D eigenvalue weighted by molar-refractivity contribution is 5.18. The number of hydrogen-bond donors (Lipinski definition) is 1. The molecule has 0 aliphatic carbocycles. The van der Waals surface area contributed by atoms with Gasteiger partial charge in [-0.2, -0.15) is 0 Å². The molecule has 0 aromatic carbocycles. The van der Waals surface area contributed by atoms with Crippen LogP contribution in [0.5, 0.6) is 0 Å². The summed E-state index contributed by atoms with van der Waals surface area (Å²) in [7, 11) is 2.07. The van der Waals surface area contributed by atoms with Crippen LogP contribution in [0.4, 0.5) is 0 Å². The highest BCUT2D eigenvalue weighted by atomic mass is 16.3. The Morgan fingerprint density at radius 2 is 2.28 bits per heavy atom. The Morgan fingerprint density at radius 3 is 2.83 bits per heavy atom. The minimum absolute atomic E-state index is 0.174. The second-order valence-electron chi connectivity index (χ2n) is 4.45. The van der Waals surface area contributed by atoms with Crippen LogP contribution in [-0.4, -0.2) is 23.5 Å². The molecule has 18 heavy (non-hydrogen) atoms. The van der Waals surface area contributed by atoms with Gasteiger partial charge in [-0.1, -0.05) is 6.07 Å². The fourth-order valence-electron chi connectivity index (χ4n) is 2.10. The van der Waals surface area contributed by atoms with E-state index in [1.165, 1.54) is 5.56 Å². The SMILES string of the molecule is Cc1occc1CN(C)C(CN)c1cccnc1. The third-order valence-corrected chi connectivity index (χ3v) is 3.21. The van der Waals surface area contributed by atoms with Gasteiger partial charge in [-0.05, 0) is 31.7 Å². The minimum Gasteiger partial charge on any atom is -0.469 e. The summed E-state index contributed by atoms with van der Waals surface area (Å²) in [5.74, 6) is 0.962. The molecule has 96 valence electrons. The van der Waals surface area contributed by atoms with E-state index in [0.29, 0.717) is 6.54 Å². The second kappa shape index (κ2) is 5.80. The Labute approximate surface area is 107 Å². The lowest BCUT2D eigenvalue weighted by Gasteiger charge is -2.26. The summed E-state index contributed by atoms with van der Waals surface area (Å²) in [5, 5.41) is 0. The molecule has 0 radical (unpaired) electrons. The summed E-state index contributed by atoms with van der Waals surface area (Å²) in [6.45, 7) is 3.36. The molecule has 0 saturated carbocycles. The molecule has 2 aromatic heterocycles. The molecule has 2 rings (SSSR count). The van der Waals surface area contributed by atoms with Crippen molar-refractivity contribution in [2.75, 3.05) is 13.6 Å². The number of likely N-dealkylation sites (N-methyl/N-ethyl adjacent to an activating group) is 1. The van der Waals surface area contributed by atoms with Crippen LogP contribution < -0.4 is 5.73 Å². The van der Waals surface area contributed by atoms with Crippen LogP contribution in [-0.2, 0) is 6.54 Å². The quantitative estimate of drug-likeness (QED) is 0.876. The van der Waals surface area contributed by atoms with Gasteiger partial charge in [-0.15, -0.1) is 0 Å². The molecule has 1 atom stereocenters. The van der Waals surface area contributed by atoms with Gasteiger partial charge in [0.25, 0.3) is 0 Å². The zero-order chi connectivity index (χ0) is 13.0. The second-order valence-corrected chi connectivity index (χ2v) is 4.45. The van der Waals surface area contributed by atoms with Crippen LogP contribution >= 0.6 is 0 Å². The number of rotatable bonds is 5. The maximum atomic E-state index is 5.88. The number of furan rings is 1. The molecule has 4 nitrogen and oxygen atoms in total. The number of nitrogens with two attached hydrogens (primary N) is 1. The molecular weight excluding hydrogens is 226 g/mol. The van der Waals surface area contributed by atoms with E-state index in [4.69, 9.17) is 10.2 Å². The van der Waals surface area contributed by atoms with Crippen LogP contribution in [0.1, 0.15) is 22.9 Å². The zero-order valence-corrected chi connectivity index (χ0v) is 10.8. The van der Waals surface area contributed by atoms with Gasteiger partial charge in [-0.3, -0.25) is 9.88 Å². The first-order chi connectivity index (χ1) is 8.72. The Hall–Kier alpha value is -1.65. The highest BCUT2D eigenvalue weighted by Crippen LogP contribution is 2.20. The van der Waals surface area contributed by atoms with Gasteiger partial charge in [0.1, 0.15) is 5.76 Å². The Balaban J connectivity index is 2.11. The summed E-state index contributed by atoms with van der Waals surface area (Å²) in [5.41, 5.74) is 8.22. The molecule has 2 N–H and O–H groups in total. The van der Waals surface area contributed by atoms with E-state index in [0.717, 1.165) is 17.9 Å². The summed E-state index contributed by atoms with van der Waals surface area (Å²) in [4.78, 5) is 6.37. The summed E-state index contributed by atoms with van der Waals surface area (Å²) in [6.07, 6.45) is 5.37. The fraction of sp³-hybridized carbons (Fsp3) is 0.357. The Morgan fingerprint density at radius 1 is 1.44 bits per heavy atom. The van der Waals surface area contributed by atoms with Crippen molar-refractivity contribution in [1.29, 1.82) is 0 Å². The van der Waals surface area contributed by atoms with Gasteiger partial charge in [0, 0.05) is 37.1 Å². The van der Waals surface area contributed by atoms with Gasteiger partial charge >= 0.3 is 0 Å². The first kappa shape index (κ1) is 12.8. The van der Waals surface area contributed by atoms with Crippen molar-refractivity contribution in [3.63, 3.8) is 0 Å². The first-order valence-electron chi connectivity index (χ1n) is 6.05. The van der Waals surface area contributed by atoms with E-state index in [2.05, 4.69) is 23.0 Å². The molecule has 0 aliphatic heterocycles. The van der Waals surface area contributed by atoms with Crippen LogP contribution in [0.15, 0.2) is 41.3 Å². The van der Waals surface area contributed by atoms with Gasteiger partial charge in [0.15, 0.2) is 0 Å². The third kappa shape index (κ3) is 2.78. The predicted molar refractivity (Wildman–Crippen MR) is 70.9 cm³/mol. The number of nitrogens with zero attached hydrogens (tertiary/aromatic N) is 2. The molecule has 4 heteroatoms. The standard InChI is InChI=1S/C14H19N3O/c1-11-13(5-7-18-11)10-17(2)14(8-15)12-4-3-6-16-9-12/h3-7,9,14H,8,10,15H2,1-2H3. The molecular formula is C14H19N3O. The number of aromatic nitrogens is 1. The van der Waals surface area contributed by atoms with E-state index >= 15 is 0 Å². The topological polar surface area (TPSA) is 55.3 Å².